The van der Waals surface area contributed by atoms with E-state index in [0.29, 0.717) is 0 Å². The van der Waals surface area contributed by atoms with Crippen molar-refractivity contribution < 1.29 is 0 Å². The number of fused-ring (bicyclic) bond motifs is 1. The largest absolute Gasteiger partial charge is 0.348 e. The van der Waals surface area contributed by atoms with E-state index in [1.807, 2.05) is 12.4 Å². The normalized spacial score (nSPS) is 16.2. The zero-order valence-electron chi connectivity index (χ0n) is 15.0. The Hall–Kier alpha value is -2.66. The van der Waals surface area contributed by atoms with Crippen LogP contribution < -0.4 is 5.32 Å². The molecule has 3 aromatic rings. The third kappa shape index (κ3) is 3.10. The minimum atomic E-state index is 0.0903. The quantitative estimate of drug-likeness (QED) is 0.689. The van der Waals surface area contributed by atoms with Crippen molar-refractivity contribution in [3.63, 3.8) is 0 Å². The van der Waals surface area contributed by atoms with Gasteiger partial charge in [0.25, 0.3) is 0 Å². The Kier molecular flexibility index (Phi) is 4.47. The van der Waals surface area contributed by atoms with E-state index in [2.05, 4.69) is 82.3 Å². The van der Waals surface area contributed by atoms with Crippen LogP contribution in [-0.4, -0.2) is 26.1 Å². The van der Waals surface area contributed by atoms with Gasteiger partial charge in [-0.2, -0.15) is 0 Å². The van der Waals surface area contributed by atoms with Gasteiger partial charge in [0.05, 0.1) is 6.04 Å². The first-order chi connectivity index (χ1) is 12.6. The number of anilines is 1. The summed E-state index contributed by atoms with van der Waals surface area (Å²) in [5.74, 6) is 0. The molecule has 1 N–H and O–H groups in total. The van der Waals surface area contributed by atoms with Crippen LogP contribution in [0.1, 0.15) is 28.4 Å². The molecular formula is C21H22N4S. The number of nitrogens with zero attached hydrogens (tertiary/aromatic N) is 3. The first-order valence-corrected chi connectivity index (χ1v) is 9.24. The van der Waals surface area contributed by atoms with Gasteiger partial charge in [-0.25, -0.2) is 0 Å². The van der Waals surface area contributed by atoms with E-state index in [1.165, 1.54) is 22.4 Å². The van der Waals surface area contributed by atoms with Gasteiger partial charge in [0.1, 0.15) is 0 Å². The third-order valence-electron chi connectivity index (χ3n) is 4.94. The van der Waals surface area contributed by atoms with Crippen LogP contribution in [0.4, 0.5) is 5.69 Å². The monoisotopic (exact) mass is 362 g/mol. The molecule has 1 aliphatic heterocycles. The van der Waals surface area contributed by atoms with Crippen LogP contribution in [0, 0.1) is 13.8 Å². The van der Waals surface area contributed by atoms with Crippen molar-refractivity contribution in [2.45, 2.75) is 26.4 Å². The lowest BCUT2D eigenvalue weighted by Crippen LogP contribution is -2.44. The number of thiocarbonyl (C=S) groups is 1. The summed E-state index contributed by atoms with van der Waals surface area (Å²) in [6, 6.07) is 14.9. The van der Waals surface area contributed by atoms with E-state index in [4.69, 9.17) is 12.2 Å². The Morgan fingerprint density at radius 3 is 2.69 bits per heavy atom. The molecular weight excluding hydrogens is 340 g/mol. The molecule has 0 bridgehead atoms. The molecule has 26 heavy (non-hydrogen) atoms. The summed E-state index contributed by atoms with van der Waals surface area (Å²) < 4.78 is 2.31. The van der Waals surface area contributed by atoms with Gasteiger partial charge in [-0.15, -0.1) is 0 Å². The summed E-state index contributed by atoms with van der Waals surface area (Å²) >= 11 is 5.82. The number of pyridine rings is 1. The second-order valence-corrected chi connectivity index (χ2v) is 7.14. The highest BCUT2D eigenvalue weighted by atomic mass is 32.1. The molecule has 5 heteroatoms. The van der Waals surface area contributed by atoms with Gasteiger partial charge in [0, 0.05) is 43.1 Å². The van der Waals surface area contributed by atoms with Crippen molar-refractivity contribution in [3.05, 3.63) is 83.4 Å². The molecule has 3 heterocycles. The molecule has 1 atom stereocenters. The van der Waals surface area contributed by atoms with Crippen LogP contribution >= 0.6 is 12.2 Å². The fourth-order valence-electron chi connectivity index (χ4n) is 3.64. The van der Waals surface area contributed by atoms with E-state index < -0.39 is 0 Å². The van der Waals surface area contributed by atoms with E-state index in [-0.39, 0.29) is 6.04 Å². The van der Waals surface area contributed by atoms with Crippen molar-refractivity contribution in [1.29, 1.82) is 0 Å². The average molecular weight is 363 g/mol. The Balaban J connectivity index is 1.67. The molecule has 132 valence electrons. The van der Waals surface area contributed by atoms with Crippen molar-refractivity contribution in [2.75, 3.05) is 11.9 Å². The summed E-state index contributed by atoms with van der Waals surface area (Å²) in [6.45, 7) is 6.01. The molecule has 0 aliphatic carbocycles. The zero-order valence-corrected chi connectivity index (χ0v) is 15.8. The lowest BCUT2D eigenvalue weighted by atomic mass is 10.0. The molecule has 0 spiro atoms. The minimum Gasteiger partial charge on any atom is -0.348 e. The van der Waals surface area contributed by atoms with Crippen LogP contribution in [0.25, 0.3) is 0 Å². The average Bonchev–Trinajstić information content (AvgIpc) is 3.12. The van der Waals surface area contributed by atoms with Crippen molar-refractivity contribution in [1.82, 2.24) is 14.5 Å². The first kappa shape index (κ1) is 16.8. The first-order valence-electron chi connectivity index (χ1n) is 8.83. The zero-order chi connectivity index (χ0) is 18.1. The smallest absolute Gasteiger partial charge is 0.174 e. The second kappa shape index (κ2) is 6.92. The lowest BCUT2D eigenvalue weighted by Gasteiger charge is -2.39. The van der Waals surface area contributed by atoms with Crippen LogP contribution in [0.15, 0.2) is 61.1 Å². The van der Waals surface area contributed by atoms with Gasteiger partial charge in [-0.05, 0) is 67.5 Å². The summed E-state index contributed by atoms with van der Waals surface area (Å²) in [7, 11) is 0. The second-order valence-electron chi connectivity index (χ2n) is 6.75. The molecule has 1 aliphatic rings. The molecule has 1 aromatic carbocycles. The van der Waals surface area contributed by atoms with Gasteiger partial charge in [-0.1, -0.05) is 17.7 Å². The predicted octanol–water partition coefficient (Wildman–Crippen LogP) is 4.30. The van der Waals surface area contributed by atoms with Crippen LogP contribution in [0.2, 0.25) is 0 Å². The van der Waals surface area contributed by atoms with E-state index in [0.717, 1.165) is 23.9 Å². The third-order valence-corrected chi connectivity index (χ3v) is 5.28. The van der Waals surface area contributed by atoms with E-state index >= 15 is 0 Å². The number of aryl methyl sites for hydroxylation is 2. The molecule has 2 aromatic heterocycles. The maximum atomic E-state index is 5.82. The summed E-state index contributed by atoms with van der Waals surface area (Å²) in [6.07, 6.45) is 5.83. The van der Waals surface area contributed by atoms with E-state index in [1.54, 1.807) is 0 Å². The highest BCUT2D eigenvalue weighted by Crippen LogP contribution is 2.32. The van der Waals surface area contributed by atoms with Crippen molar-refractivity contribution >= 4 is 23.0 Å². The fraction of sp³-hybridized carbons (Fsp3) is 0.238. The highest BCUT2D eigenvalue weighted by molar-refractivity contribution is 7.80. The maximum absolute atomic E-state index is 5.82. The van der Waals surface area contributed by atoms with E-state index in [9.17, 15) is 0 Å². The molecule has 0 fully saturated rings. The standard InChI is InChI=1S/C21H22N4S/c1-15-5-6-18(16(2)14-15)23-21(26)25-13-12-24-11-3-4-19(24)20(25)17-7-9-22-10-8-17/h3-11,14,20H,12-13H2,1-2H3,(H,23,26). The SMILES string of the molecule is Cc1ccc(NC(=S)N2CCn3cccc3C2c2ccncc2)c(C)c1. The molecule has 0 saturated carbocycles. The van der Waals surface area contributed by atoms with Gasteiger partial charge in [0.15, 0.2) is 5.11 Å². The lowest BCUT2D eigenvalue weighted by molar-refractivity contribution is 0.293. The molecule has 0 saturated heterocycles. The van der Waals surface area contributed by atoms with Crippen LogP contribution in [0.3, 0.4) is 0 Å². The Labute approximate surface area is 159 Å². The molecule has 1 unspecified atom stereocenters. The van der Waals surface area contributed by atoms with Crippen LogP contribution in [-0.2, 0) is 6.54 Å². The van der Waals surface area contributed by atoms with Gasteiger partial charge in [-0.3, -0.25) is 4.98 Å². The Morgan fingerprint density at radius 1 is 1.12 bits per heavy atom. The number of nitrogens with one attached hydrogen (secondary N) is 1. The van der Waals surface area contributed by atoms with Crippen LogP contribution in [0.5, 0.6) is 0 Å². The number of rotatable bonds is 2. The Bertz CT molecular complexity index is 932. The topological polar surface area (TPSA) is 33.1 Å². The molecule has 0 amide bonds. The summed E-state index contributed by atoms with van der Waals surface area (Å²) in [5.41, 5.74) is 5.98. The number of aromatic nitrogens is 2. The van der Waals surface area contributed by atoms with Gasteiger partial charge >= 0.3 is 0 Å². The molecule has 4 nitrogen and oxygen atoms in total. The number of benzene rings is 1. The van der Waals surface area contributed by atoms with Gasteiger partial charge in [0.2, 0.25) is 0 Å². The number of hydrogen-bond acceptors (Lipinski definition) is 2. The highest BCUT2D eigenvalue weighted by Gasteiger charge is 2.30. The minimum absolute atomic E-state index is 0.0903. The predicted molar refractivity (Wildman–Crippen MR) is 109 cm³/mol. The van der Waals surface area contributed by atoms with Gasteiger partial charge < -0.3 is 14.8 Å². The summed E-state index contributed by atoms with van der Waals surface area (Å²) in [5, 5.41) is 4.22. The summed E-state index contributed by atoms with van der Waals surface area (Å²) in [4.78, 5) is 6.44. The Morgan fingerprint density at radius 2 is 1.92 bits per heavy atom. The molecule has 0 radical (unpaired) electrons. The molecule has 4 rings (SSSR count). The van der Waals surface area contributed by atoms with Crippen molar-refractivity contribution in [2.24, 2.45) is 0 Å². The fourth-order valence-corrected chi connectivity index (χ4v) is 3.95. The number of hydrogen-bond donors (Lipinski definition) is 1. The maximum Gasteiger partial charge on any atom is 0.174 e. The van der Waals surface area contributed by atoms with Crippen molar-refractivity contribution in [3.8, 4) is 0 Å².